The van der Waals surface area contributed by atoms with Gasteiger partial charge >= 0.3 is 0 Å². The van der Waals surface area contributed by atoms with Crippen LogP contribution in [0.25, 0.3) is 0 Å². The summed E-state index contributed by atoms with van der Waals surface area (Å²) in [4.78, 5) is 19.5. The number of amides is 1. The van der Waals surface area contributed by atoms with Crippen LogP contribution in [0.1, 0.15) is 52.4 Å². The van der Waals surface area contributed by atoms with E-state index in [4.69, 9.17) is 0 Å². The molecule has 0 N–H and O–H groups in total. The number of rotatable bonds is 3. The lowest BCUT2D eigenvalue weighted by molar-refractivity contribution is -0.135. The number of carbonyl (C=O) groups is 1. The molecule has 3 unspecified atom stereocenters. The van der Waals surface area contributed by atoms with Gasteiger partial charge in [-0.3, -0.25) is 4.79 Å². The maximum atomic E-state index is 13.0. The molecular weight excluding hydrogens is 286 g/mol. The van der Waals surface area contributed by atoms with E-state index in [9.17, 15) is 4.79 Å². The molecule has 3 rings (SSSR count). The molecule has 1 aliphatic heterocycles. The molecule has 0 aromatic carbocycles. The maximum Gasteiger partial charge on any atom is 0.226 e. The van der Waals surface area contributed by atoms with Crippen LogP contribution < -0.4 is 0 Å². The molecule has 0 spiro atoms. The van der Waals surface area contributed by atoms with Gasteiger partial charge in [-0.2, -0.15) is 0 Å². The van der Waals surface area contributed by atoms with Gasteiger partial charge in [-0.25, -0.2) is 4.98 Å². The van der Waals surface area contributed by atoms with Crippen LogP contribution in [-0.2, 0) is 4.79 Å². The summed E-state index contributed by atoms with van der Waals surface area (Å²) >= 11 is 0. The molecule has 1 saturated heterocycles. The van der Waals surface area contributed by atoms with Gasteiger partial charge in [0.05, 0.1) is 12.0 Å². The Morgan fingerprint density at radius 2 is 2.13 bits per heavy atom. The van der Waals surface area contributed by atoms with Crippen molar-refractivity contribution in [3.05, 3.63) is 29.9 Å². The van der Waals surface area contributed by atoms with Crippen LogP contribution in [0, 0.1) is 24.2 Å². The van der Waals surface area contributed by atoms with Gasteiger partial charge in [-0.1, -0.05) is 25.5 Å². The molecule has 1 saturated carbocycles. The number of aryl methyl sites for hydroxylation is 1. The van der Waals surface area contributed by atoms with Crippen LogP contribution in [0.3, 0.4) is 0 Å². The first-order chi connectivity index (χ1) is 10.8. The van der Waals surface area contributed by atoms with E-state index in [1.54, 1.807) is 0 Å². The lowest BCUT2D eigenvalue weighted by atomic mass is 10.0. The van der Waals surface area contributed by atoms with Crippen molar-refractivity contribution in [1.82, 2.24) is 14.5 Å². The summed E-state index contributed by atoms with van der Waals surface area (Å²) in [5, 5.41) is 0. The number of aromatic nitrogens is 2. The first-order valence-electron chi connectivity index (χ1n) is 8.75. The van der Waals surface area contributed by atoms with E-state index in [0.717, 1.165) is 31.8 Å². The van der Waals surface area contributed by atoms with Crippen molar-refractivity contribution >= 4 is 5.91 Å². The lowest BCUT2D eigenvalue weighted by Crippen LogP contribution is -2.42. The third-order valence-electron chi connectivity index (χ3n) is 5.65. The molecule has 126 valence electrons. The van der Waals surface area contributed by atoms with Gasteiger partial charge in [0.15, 0.2) is 0 Å². The zero-order chi connectivity index (χ0) is 16.8. The first kappa shape index (κ1) is 16.3. The van der Waals surface area contributed by atoms with Crippen molar-refractivity contribution in [1.29, 1.82) is 0 Å². The largest absolute Gasteiger partial charge is 0.340 e. The summed E-state index contributed by atoms with van der Waals surface area (Å²) in [5.41, 5.74) is 1.41. The predicted molar refractivity (Wildman–Crippen MR) is 92.0 cm³/mol. The fourth-order valence-electron chi connectivity index (χ4n) is 4.17. The Balaban J connectivity index is 1.71. The zero-order valence-electron chi connectivity index (χ0n) is 15.0. The Bertz CT molecular complexity index is 624. The van der Waals surface area contributed by atoms with E-state index >= 15 is 0 Å². The second-order valence-electron chi connectivity index (χ2n) is 8.03. The van der Waals surface area contributed by atoms with Crippen LogP contribution in [0.5, 0.6) is 0 Å². The van der Waals surface area contributed by atoms with Crippen LogP contribution in [0.15, 0.2) is 24.0 Å². The molecule has 1 amide bonds. The Hall–Kier alpha value is -1.58. The fourth-order valence-corrected chi connectivity index (χ4v) is 4.17. The van der Waals surface area contributed by atoms with Gasteiger partial charge in [0.25, 0.3) is 0 Å². The molecule has 4 nitrogen and oxygen atoms in total. The van der Waals surface area contributed by atoms with Gasteiger partial charge in [0.1, 0.15) is 5.82 Å². The highest BCUT2D eigenvalue weighted by molar-refractivity contribution is 5.84. The average Bonchev–Trinajstić information content (AvgIpc) is 2.83. The Morgan fingerprint density at radius 3 is 2.74 bits per heavy atom. The van der Waals surface area contributed by atoms with E-state index in [1.807, 2.05) is 19.3 Å². The standard InChI is InChI=1S/C19H29N3O/c1-13(2)11-16-17(19(16,4)5)18(23)21-9-6-7-15(12-21)22-10-8-20-14(22)3/h8,10-11,15-17H,6-7,9,12H2,1-5H3. The molecular formula is C19H29N3O. The summed E-state index contributed by atoms with van der Waals surface area (Å²) in [6, 6.07) is 0.374. The Labute approximate surface area is 139 Å². The highest BCUT2D eigenvalue weighted by Gasteiger charge is 2.61. The van der Waals surface area contributed by atoms with E-state index in [1.165, 1.54) is 5.57 Å². The number of nitrogens with zero attached hydrogens (tertiary/aromatic N) is 3. The number of hydrogen-bond acceptors (Lipinski definition) is 2. The van der Waals surface area contributed by atoms with Crippen molar-refractivity contribution in [2.75, 3.05) is 13.1 Å². The van der Waals surface area contributed by atoms with Gasteiger partial charge in [-0.15, -0.1) is 0 Å². The molecule has 3 atom stereocenters. The third kappa shape index (κ3) is 2.96. The van der Waals surface area contributed by atoms with Crippen molar-refractivity contribution in [3.8, 4) is 0 Å². The van der Waals surface area contributed by atoms with E-state index < -0.39 is 0 Å². The second-order valence-corrected chi connectivity index (χ2v) is 8.03. The maximum absolute atomic E-state index is 13.0. The smallest absolute Gasteiger partial charge is 0.226 e. The number of carbonyl (C=O) groups excluding carboxylic acids is 1. The van der Waals surface area contributed by atoms with Gasteiger partial charge < -0.3 is 9.47 Å². The van der Waals surface area contributed by atoms with E-state index in [-0.39, 0.29) is 11.3 Å². The van der Waals surface area contributed by atoms with Crippen molar-refractivity contribution < 1.29 is 4.79 Å². The summed E-state index contributed by atoms with van der Waals surface area (Å²) < 4.78 is 2.23. The molecule has 1 aromatic rings. The summed E-state index contributed by atoms with van der Waals surface area (Å²) in [6.07, 6.45) is 8.39. The average molecular weight is 315 g/mol. The molecule has 1 aromatic heterocycles. The first-order valence-corrected chi connectivity index (χ1v) is 8.75. The number of likely N-dealkylation sites (tertiary alicyclic amines) is 1. The number of piperidine rings is 1. The Morgan fingerprint density at radius 1 is 1.39 bits per heavy atom. The molecule has 4 heteroatoms. The number of imidazole rings is 1. The van der Waals surface area contributed by atoms with Gasteiger partial charge in [0, 0.05) is 25.5 Å². The van der Waals surface area contributed by atoms with Crippen LogP contribution in [0.4, 0.5) is 0 Å². The minimum atomic E-state index is 0.103. The highest BCUT2D eigenvalue weighted by atomic mass is 16.2. The van der Waals surface area contributed by atoms with Crippen LogP contribution in [-0.4, -0.2) is 33.4 Å². The topological polar surface area (TPSA) is 38.1 Å². The van der Waals surface area contributed by atoms with E-state index in [2.05, 4.69) is 48.2 Å². The van der Waals surface area contributed by atoms with Crippen LogP contribution in [0.2, 0.25) is 0 Å². The molecule has 2 aliphatic rings. The third-order valence-corrected chi connectivity index (χ3v) is 5.65. The van der Waals surface area contributed by atoms with Crippen molar-refractivity contribution in [2.24, 2.45) is 17.3 Å². The summed E-state index contributed by atoms with van der Waals surface area (Å²) in [5.74, 6) is 1.94. The van der Waals surface area contributed by atoms with Crippen molar-refractivity contribution in [2.45, 2.75) is 53.5 Å². The zero-order valence-corrected chi connectivity index (χ0v) is 15.0. The Kier molecular flexibility index (Phi) is 4.11. The predicted octanol–water partition coefficient (Wildman–Crippen LogP) is 3.59. The minimum absolute atomic E-state index is 0.103. The fraction of sp³-hybridized carbons (Fsp3) is 0.684. The van der Waals surface area contributed by atoms with Crippen LogP contribution >= 0.6 is 0 Å². The monoisotopic (exact) mass is 315 g/mol. The second kappa shape index (κ2) is 5.81. The number of allylic oxidation sites excluding steroid dienone is 2. The van der Waals surface area contributed by atoms with E-state index in [0.29, 0.717) is 17.9 Å². The molecule has 2 heterocycles. The normalized spacial score (nSPS) is 29.3. The molecule has 2 fully saturated rings. The molecule has 0 bridgehead atoms. The van der Waals surface area contributed by atoms with Crippen molar-refractivity contribution in [3.63, 3.8) is 0 Å². The molecule has 0 radical (unpaired) electrons. The van der Waals surface area contributed by atoms with Gasteiger partial charge in [-0.05, 0) is 44.9 Å². The molecule has 23 heavy (non-hydrogen) atoms. The summed E-state index contributed by atoms with van der Waals surface area (Å²) in [6.45, 7) is 12.4. The quantitative estimate of drug-likeness (QED) is 0.799. The lowest BCUT2D eigenvalue weighted by Gasteiger charge is -2.34. The highest BCUT2D eigenvalue weighted by Crippen LogP contribution is 2.60. The minimum Gasteiger partial charge on any atom is -0.340 e. The summed E-state index contributed by atoms with van der Waals surface area (Å²) in [7, 11) is 0. The SMILES string of the molecule is CC(C)=CC1C(C(=O)N2CCCC(n3ccnc3C)C2)C1(C)C. The molecule has 1 aliphatic carbocycles. The van der Waals surface area contributed by atoms with Gasteiger partial charge in [0.2, 0.25) is 5.91 Å². The number of hydrogen-bond donors (Lipinski definition) is 0.